The molecule has 2 aromatic rings. The number of aromatic nitrogens is 2. The monoisotopic (exact) mass is 253 g/mol. The Balaban J connectivity index is 1.96. The Labute approximate surface area is 99.8 Å². The van der Waals surface area contributed by atoms with E-state index in [1.165, 1.54) is 0 Å². The van der Waals surface area contributed by atoms with Gasteiger partial charge < -0.3 is 9.12 Å². The topological polar surface area (TPSA) is 75.0 Å². The molecule has 1 aromatic heterocycles. The third kappa shape index (κ3) is 3.28. The molecule has 0 saturated carbocycles. The van der Waals surface area contributed by atoms with Crippen LogP contribution in [0.1, 0.15) is 12.8 Å². The number of fused-ring (bicyclic) bond motifs is 1. The highest BCUT2D eigenvalue weighted by molar-refractivity contribution is 7.85. The molecule has 0 bridgehead atoms. The van der Waals surface area contributed by atoms with Crippen molar-refractivity contribution in [3.8, 4) is 0 Å². The minimum Gasteiger partial charge on any atom is -0.748 e. The summed E-state index contributed by atoms with van der Waals surface area (Å²) in [5.41, 5.74) is 1.95. The van der Waals surface area contributed by atoms with E-state index in [0.717, 1.165) is 11.0 Å². The summed E-state index contributed by atoms with van der Waals surface area (Å²) in [6.07, 6.45) is 2.77. The van der Waals surface area contributed by atoms with E-state index in [0.29, 0.717) is 19.4 Å². The minimum atomic E-state index is -4.08. The van der Waals surface area contributed by atoms with Crippen LogP contribution < -0.4 is 0 Å². The van der Waals surface area contributed by atoms with Crippen molar-refractivity contribution in [3.63, 3.8) is 0 Å². The third-order valence-electron chi connectivity index (χ3n) is 2.57. The van der Waals surface area contributed by atoms with Crippen LogP contribution in [0.25, 0.3) is 11.0 Å². The van der Waals surface area contributed by atoms with Crippen LogP contribution in [0.4, 0.5) is 0 Å². The van der Waals surface area contributed by atoms with E-state index < -0.39 is 10.1 Å². The molecule has 0 amide bonds. The van der Waals surface area contributed by atoms with Crippen LogP contribution >= 0.6 is 0 Å². The largest absolute Gasteiger partial charge is 0.748 e. The van der Waals surface area contributed by atoms with Gasteiger partial charge in [0.05, 0.1) is 27.5 Å². The first kappa shape index (κ1) is 12.1. The number of imidazole rings is 1. The van der Waals surface area contributed by atoms with E-state index >= 15 is 0 Å². The van der Waals surface area contributed by atoms with Gasteiger partial charge in [-0.05, 0) is 25.0 Å². The van der Waals surface area contributed by atoms with Crippen molar-refractivity contribution in [3.05, 3.63) is 30.6 Å². The predicted molar refractivity (Wildman–Crippen MR) is 63.5 cm³/mol. The van der Waals surface area contributed by atoms with Gasteiger partial charge in [-0.15, -0.1) is 0 Å². The summed E-state index contributed by atoms with van der Waals surface area (Å²) in [6.45, 7) is 0.677. The number of aryl methyl sites for hydroxylation is 1. The highest BCUT2D eigenvalue weighted by Crippen LogP contribution is 2.12. The molecule has 0 unspecified atom stereocenters. The first-order chi connectivity index (χ1) is 8.06. The zero-order chi connectivity index (χ0) is 12.3. The molecular weight excluding hydrogens is 240 g/mol. The number of unbranched alkanes of at least 4 members (excludes halogenated alkanes) is 1. The molecule has 0 aliphatic heterocycles. The highest BCUT2D eigenvalue weighted by Gasteiger charge is 2.01. The van der Waals surface area contributed by atoms with E-state index in [2.05, 4.69) is 4.98 Å². The number of benzene rings is 1. The maximum Gasteiger partial charge on any atom is 0.0958 e. The Kier molecular flexibility index (Phi) is 3.44. The lowest BCUT2D eigenvalue weighted by atomic mass is 10.3. The fourth-order valence-electron chi connectivity index (χ4n) is 1.75. The second kappa shape index (κ2) is 4.85. The number of para-hydroxylation sites is 2. The normalized spacial score (nSPS) is 12.1. The standard InChI is InChI=1S/C11H14N2O3S/c14-17(15,16)8-4-3-7-13-9-12-10-5-1-2-6-11(10)13/h1-2,5-6,9H,3-4,7-8H2,(H,14,15,16)/p-1. The molecule has 0 atom stereocenters. The first-order valence-corrected chi connectivity index (χ1v) is 6.97. The van der Waals surface area contributed by atoms with Gasteiger partial charge in [-0.25, -0.2) is 13.4 Å². The summed E-state index contributed by atoms with van der Waals surface area (Å²) >= 11 is 0. The van der Waals surface area contributed by atoms with E-state index in [9.17, 15) is 13.0 Å². The summed E-state index contributed by atoms with van der Waals surface area (Å²) in [7, 11) is -4.08. The molecule has 0 radical (unpaired) electrons. The van der Waals surface area contributed by atoms with Crippen molar-refractivity contribution in [1.82, 2.24) is 9.55 Å². The molecule has 17 heavy (non-hydrogen) atoms. The molecule has 1 aromatic carbocycles. The van der Waals surface area contributed by atoms with Crippen molar-refractivity contribution < 1.29 is 13.0 Å². The van der Waals surface area contributed by atoms with Crippen LogP contribution in [0.15, 0.2) is 30.6 Å². The molecule has 5 nitrogen and oxygen atoms in total. The maximum absolute atomic E-state index is 10.4. The second-order valence-corrected chi connectivity index (χ2v) is 5.42. The van der Waals surface area contributed by atoms with Gasteiger partial charge in [-0.3, -0.25) is 0 Å². The quantitative estimate of drug-likeness (QED) is 0.595. The van der Waals surface area contributed by atoms with Crippen LogP contribution in [0.2, 0.25) is 0 Å². The molecule has 0 aliphatic rings. The van der Waals surface area contributed by atoms with E-state index in [-0.39, 0.29) is 5.75 Å². The van der Waals surface area contributed by atoms with Crippen molar-refractivity contribution in [1.29, 1.82) is 0 Å². The molecule has 2 rings (SSSR count). The number of hydrogen-bond acceptors (Lipinski definition) is 4. The Bertz CT molecular complexity index is 604. The average Bonchev–Trinajstić information content (AvgIpc) is 2.67. The van der Waals surface area contributed by atoms with Crippen molar-refractivity contribution in [2.75, 3.05) is 5.75 Å². The van der Waals surface area contributed by atoms with Crippen molar-refractivity contribution in [2.24, 2.45) is 0 Å². The molecular formula is C11H13N2O3S-. The third-order valence-corrected chi connectivity index (χ3v) is 3.36. The lowest BCUT2D eigenvalue weighted by Crippen LogP contribution is -2.05. The SMILES string of the molecule is O=S(=O)([O-])CCCCn1cnc2ccccc21. The van der Waals surface area contributed by atoms with Crippen LogP contribution in [-0.2, 0) is 16.7 Å². The zero-order valence-corrected chi connectivity index (χ0v) is 10.1. The second-order valence-electron chi connectivity index (χ2n) is 3.90. The summed E-state index contributed by atoms with van der Waals surface area (Å²) in [4.78, 5) is 4.23. The van der Waals surface area contributed by atoms with Crippen LogP contribution in [0.5, 0.6) is 0 Å². The molecule has 92 valence electrons. The predicted octanol–water partition coefficient (Wildman–Crippen LogP) is 1.36. The summed E-state index contributed by atoms with van der Waals surface area (Å²) in [5, 5.41) is 0. The Morgan fingerprint density at radius 3 is 2.76 bits per heavy atom. The first-order valence-electron chi connectivity index (χ1n) is 5.40. The fourth-order valence-corrected chi connectivity index (χ4v) is 2.31. The van der Waals surface area contributed by atoms with Gasteiger partial charge in [0, 0.05) is 12.3 Å². The Hall–Kier alpha value is -1.40. The number of hydrogen-bond donors (Lipinski definition) is 0. The smallest absolute Gasteiger partial charge is 0.0958 e. The van der Waals surface area contributed by atoms with Gasteiger partial charge in [-0.2, -0.15) is 0 Å². The lowest BCUT2D eigenvalue weighted by molar-refractivity contribution is 0.459. The maximum atomic E-state index is 10.4. The molecule has 0 fully saturated rings. The van der Waals surface area contributed by atoms with Crippen LogP contribution in [0, 0.1) is 0 Å². The molecule has 1 heterocycles. The lowest BCUT2D eigenvalue weighted by Gasteiger charge is -2.07. The van der Waals surface area contributed by atoms with Gasteiger partial charge in [0.1, 0.15) is 0 Å². The van der Waals surface area contributed by atoms with Crippen molar-refractivity contribution >= 4 is 21.2 Å². The van der Waals surface area contributed by atoms with E-state index in [1.807, 2.05) is 28.8 Å². The van der Waals surface area contributed by atoms with Gasteiger partial charge in [0.15, 0.2) is 0 Å². The average molecular weight is 253 g/mol. The van der Waals surface area contributed by atoms with Gasteiger partial charge in [0.25, 0.3) is 0 Å². The number of rotatable bonds is 5. The van der Waals surface area contributed by atoms with Gasteiger partial charge in [-0.1, -0.05) is 12.1 Å². The number of nitrogens with zero attached hydrogens (tertiary/aromatic N) is 2. The van der Waals surface area contributed by atoms with E-state index in [1.54, 1.807) is 6.33 Å². The van der Waals surface area contributed by atoms with Crippen molar-refractivity contribution in [2.45, 2.75) is 19.4 Å². The van der Waals surface area contributed by atoms with Gasteiger partial charge in [0.2, 0.25) is 0 Å². The fraction of sp³-hybridized carbons (Fsp3) is 0.364. The highest BCUT2D eigenvalue weighted by atomic mass is 32.2. The summed E-state index contributed by atoms with van der Waals surface area (Å²) < 4.78 is 33.3. The van der Waals surface area contributed by atoms with Gasteiger partial charge >= 0.3 is 0 Å². The molecule has 0 aliphatic carbocycles. The Morgan fingerprint density at radius 1 is 1.24 bits per heavy atom. The molecule has 0 N–H and O–H groups in total. The molecule has 0 spiro atoms. The van der Waals surface area contributed by atoms with Crippen LogP contribution in [-0.4, -0.2) is 28.3 Å². The zero-order valence-electron chi connectivity index (χ0n) is 9.24. The molecule has 6 heteroatoms. The summed E-state index contributed by atoms with van der Waals surface area (Å²) in [5.74, 6) is -0.292. The van der Waals surface area contributed by atoms with E-state index in [4.69, 9.17) is 0 Å². The summed E-state index contributed by atoms with van der Waals surface area (Å²) in [6, 6.07) is 7.74. The Morgan fingerprint density at radius 2 is 2.00 bits per heavy atom. The molecule has 0 saturated heterocycles. The van der Waals surface area contributed by atoms with Crippen LogP contribution in [0.3, 0.4) is 0 Å². The minimum absolute atomic E-state index is 0.292.